The maximum atomic E-state index is 11.3. The molecule has 1 aliphatic rings. The van der Waals surface area contributed by atoms with Crippen molar-refractivity contribution in [2.45, 2.75) is 6.92 Å². The minimum atomic E-state index is -0.307. The topological polar surface area (TPSA) is 40.6 Å². The average molecular weight is 194 g/mol. The zero-order chi connectivity index (χ0) is 10.3. The van der Waals surface area contributed by atoms with Crippen molar-refractivity contribution in [3.63, 3.8) is 0 Å². The van der Waals surface area contributed by atoms with E-state index in [9.17, 15) is 9.59 Å². The van der Waals surface area contributed by atoms with Crippen molar-refractivity contribution in [2.24, 2.45) is 0 Å². The van der Waals surface area contributed by atoms with Crippen LogP contribution in [0.15, 0.2) is 9.59 Å². The van der Waals surface area contributed by atoms with Gasteiger partial charge >= 0.3 is 0 Å². The van der Waals surface area contributed by atoms with Crippen LogP contribution >= 0.6 is 0 Å². The number of piperazine rings is 1. The van der Waals surface area contributed by atoms with Gasteiger partial charge in [0.2, 0.25) is 10.9 Å². The summed E-state index contributed by atoms with van der Waals surface area (Å²) in [4.78, 5) is 26.6. The lowest BCUT2D eigenvalue weighted by molar-refractivity contribution is 0.312. The molecule has 1 saturated heterocycles. The van der Waals surface area contributed by atoms with E-state index in [1.165, 1.54) is 0 Å². The normalized spacial score (nSPS) is 19.1. The first-order valence-electron chi connectivity index (χ1n) is 4.84. The summed E-state index contributed by atoms with van der Waals surface area (Å²) < 4.78 is 0. The van der Waals surface area contributed by atoms with Gasteiger partial charge in [-0.3, -0.25) is 9.59 Å². The van der Waals surface area contributed by atoms with Crippen LogP contribution in [-0.4, -0.2) is 38.1 Å². The number of hydrogen-bond donors (Lipinski definition) is 0. The van der Waals surface area contributed by atoms with Crippen LogP contribution in [0.3, 0.4) is 0 Å². The molecule has 4 nitrogen and oxygen atoms in total. The van der Waals surface area contributed by atoms with Gasteiger partial charge in [-0.2, -0.15) is 0 Å². The van der Waals surface area contributed by atoms with Crippen molar-refractivity contribution >= 4 is 5.69 Å². The van der Waals surface area contributed by atoms with E-state index in [1.807, 2.05) is 4.90 Å². The number of rotatable bonds is 1. The Labute approximate surface area is 82.4 Å². The molecule has 0 aliphatic carbocycles. The lowest BCUT2D eigenvalue weighted by Crippen LogP contribution is -2.50. The molecular weight excluding hydrogens is 180 g/mol. The lowest BCUT2D eigenvalue weighted by atomic mass is 10.1. The predicted molar refractivity (Wildman–Crippen MR) is 55.8 cm³/mol. The molecule has 0 amide bonds. The third-order valence-electron chi connectivity index (χ3n) is 2.94. The molecule has 1 heterocycles. The third kappa shape index (κ3) is 1.26. The number of anilines is 1. The highest BCUT2D eigenvalue weighted by molar-refractivity contribution is 5.58. The van der Waals surface area contributed by atoms with Gasteiger partial charge < -0.3 is 9.80 Å². The predicted octanol–water partition coefficient (Wildman–Crippen LogP) is -0.657. The van der Waals surface area contributed by atoms with Gasteiger partial charge in [0.15, 0.2) is 0 Å². The maximum absolute atomic E-state index is 11.3. The summed E-state index contributed by atoms with van der Waals surface area (Å²) >= 11 is 0. The molecule has 1 aromatic carbocycles. The maximum Gasteiger partial charge on any atom is 0.249 e. The number of nitrogens with zero attached hydrogens (tertiary/aromatic N) is 2. The quantitative estimate of drug-likeness (QED) is 0.557. The van der Waals surface area contributed by atoms with Crippen molar-refractivity contribution in [3.05, 3.63) is 26.0 Å². The summed E-state index contributed by atoms with van der Waals surface area (Å²) in [5.74, 6) is 0. The molecule has 1 fully saturated rings. The Morgan fingerprint density at radius 2 is 1.57 bits per heavy atom. The van der Waals surface area contributed by atoms with Crippen molar-refractivity contribution in [2.75, 3.05) is 38.1 Å². The first-order chi connectivity index (χ1) is 6.61. The Morgan fingerprint density at radius 1 is 1.00 bits per heavy atom. The fraction of sp³-hybridized carbons (Fsp3) is 0.600. The van der Waals surface area contributed by atoms with E-state index in [-0.39, 0.29) is 10.9 Å². The SMILES string of the molecule is Cc1c(N2CCN(C)CC2)c(=O)c1=O. The average Bonchev–Trinajstić information content (AvgIpc) is 2.21. The van der Waals surface area contributed by atoms with Crippen LogP contribution in [0.5, 0.6) is 0 Å². The van der Waals surface area contributed by atoms with Crippen LogP contribution < -0.4 is 15.8 Å². The molecule has 0 saturated carbocycles. The van der Waals surface area contributed by atoms with Gasteiger partial charge in [-0.1, -0.05) is 0 Å². The molecule has 0 radical (unpaired) electrons. The zero-order valence-corrected chi connectivity index (χ0v) is 8.54. The highest BCUT2D eigenvalue weighted by Crippen LogP contribution is 2.14. The number of hydrogen-bond acceptors (Lipinski definition) is 4. The van der Waals surface area contributed by atoms with E-state index in [2.05, 4.69) is 11.9 Å². The molecule has 0 aromatic heterocycles. The largest absolute Gasteiger partial charge is 0.365 e. The second-order valence-electron chi connectivity index (χ2n) is 3.92. The van der Waals surface area contributed by atoms with Gasteiger partial charge in [0, 0.05) is 31.7 Å². The molecule has 0 unspecified atom stereocenters. The Hall–Kier alpha value is -1.16. The Kier molecular flexibility index (Phi) is 2.15. The molecular formula is C10H14N2O2. The molecule has 0 spiro atoms. The molecule has 76 valence electrons. The second kappa shape index (κ2) is 3.20. The monoisotopic (exact) mass is 194 g/mol. The zero-order valence-electron chi connectivity index (χ0n) is 8.54. The number of likely N-dealkylation sites (N-methyl/N-ethyl adjacent to an activating group) is 1. The van der Waals surface area contributed by atoms with Gasteiger partial charge in [-0.25, -0.2) is 0 Å². The van der Waals surface area contributed by atoms with Crippen molar-refractivity contribution in [1.29, 1.82) is 0 Å². The second-order valence-corrected chi connectivity index (χ2v) is 3.92. The minimum Gasteiger partial charge on any atom is -0.365 e. The molecule has 0 atom stereocenters. The van der Waals surface area contributed by atoms with E-state index in [0.717, 1.165) is 26.2 Å². The summed E-state index contributed by atoms with van der Waals surface area (Å²) in [7, 11) is 2.06. The van der Waals surface area contributed by atoms with Crippen molar-refractivity contribution < 1.29 is 0 Å². The van der Waals surface area contributed by atoms with Gasteiger partial charge in [-0.05, 0) is 14.0 Å². The molecule has 2 rings (SSSR count). The van der Waals surface area contributed by atoms with E-state index in [0.29, 0.717) is 11.3 Å². The summed E-state index contributed by atoms with van der Waals surface area (Å²) in [5, 5.41) is 0. The molecule has 1 aromatic rings. The highest BCUT2D eigenvalue weighted by Gasteiger charge is 2.24. The molecule has 0 bridgehead atoms. The van der Waals surface area contributed by atoms with Gasteiger partial charge in [-0.15, -0.1) is 0 Å². The lowest BCUT2D eigenvalue weighted by Gasteiger charge is -2.34. The molecule has 1 aliphatic heterocycles. The summed E-state index contributed by atoms with van der Waals surface area (Å²) in [5.41, 5.74) is 0.689. The Morgan fingerprint density at radius 3 is 2.07 bits per heavy atom. The van der Waals surface area contributed by atoms with Crippen molar-refractivity contribution in [3.8, 4) is 0 Å². The molecule has 4 heteroatoms. The van der Waals surface area contributed by atoms with E-state index >= 15 is 0 Å². The van der Waals surface area contributed by atoms with Crippen LogP contribution in [0, 0.1) is 6.92 Å². The first kappa shape index (κ1) is 9.40. The summed E-state index contributed by atoms with van der Waals surface area (Å²) in [6.07, 6.45) is 0. The van der Waals surface area contributed by atoms with Crippen LogP contribution in [0.1, 0.15) is 5.56 Å². The van der Waals surface area contributed by atoms with Crippen LogP contribution in [0.25, 0.3) is 0 Å². The molecule has 0 N–H and O–H groups in total. The summed E-state index contributed by atoms with van der Waals surface area (Å²) in [6.45, 7) is 5.35. The van der Waals surface area contributed by atoms with E-state index in [4.69, 9.17) is 0 Å². The van der Waals surface area contributed by atoms with E-state index in [1.54, 1.807) is 6.92 Å². The van der Waals surface area contributed by atoms with E-state index < -0.39 is 0 Å². The smallest absolute Gasteiger partial charge is 0.249 e. The van der Waals surface area contributed by atoms with Gasteiger partial charge in [0.05, 0.1) is 5.69 Å². The minimum absolute atomic E-state index is 0.299. The van der Waals surface area contributed by atoms with Crippen LogP contribution in [0.4, 0.5) is 5.69 Å². The molecule has 14 heavy (non-hydrogen) atoms. The van der Waals surface area contributed by atoms with Gasteiger partial charge in [0.25, 0.3) is 0 Å². The third-order valence-corrected chi connectivity index (χ3v) is 2.94. The van der Waals surface area contributed by atoms with Crippen LogP contribution in [-0.2, 0) is 0 Å². The standard InChI is InChI=1S/C10H14N2O2/c1-7-8(10(14)9(7)13)12-5-3-11(2)4-6-12/h3-6H2,1-2H3. The van der Waals surface area contributed by atoms with Crippen molar-refractivity contribution in [1.82, 2.24) is 4.90 Å². The van der Waals surface area contributed by atoms with Crippen LogP contribution in [0.2, 0.25) is 0 Å². The Balaban J connectivity index is 2.18. The highest BCUT2D eigenvalue weighted by atomic mass is 16.2. The fourth-order valence-electron chi connectivity index (χ4n) is 1.90. The van der Waals surface area contributed by atoms with Gasteiger partial charge in [0.1, 0.15) is 0 Å². The first-order valence-corrected chi connectivity index (χ1v) is 4.84. The summed E-state index contributed by atoms with van der Waals surface area (Å²) in [6, 6.07) is 0. The fourth-order valence-corrected chi connectivity index (χ4v) is 1.90. The Bertz CT molecular complexity index is 410.